The quantitative estimate of drug-likeness (QED) is 0.321. The summed E-state index contributed by atoms with van der Waals surface area (Å²) in [5, 5.41) is 0. The van der Waals surface area contributed by atoms with Gasteiger partial charge in [-0.15, -0.1) is 11.8 Å². The first-order valence-corrected chi connectivity index (χ1v) is 8.69. The van der Waals surface area contributed by atoms with Crippen molar-refractivity contribution in [2.24, 2.45) is 0 Å². The molecule has 2 aromatic rings. The molecule has 0 fully saturated rings. The van der Waals surface area contributed by atoms with Crippen molar-refractivity contribution in [2.75, 3.05) is 26.7 Å². The molecule has 0 aromatic heterocycles. The lowest BCUT2D eigenvalue weighted by atomic mass is 10.1. The molecule has 120 valence electrons. The van der Waals surface area contributed by atoms with Crippen LogP contribution >= 0.6 is 11.8 Å². The van der Waals surface area contributed by atoms with Crippen molar-refractivity contribution in [1.82, 2.24) is 0 Å². The third-order valence-corrected chi connectivity index (χ3v) is 3.88. The van der Waals surface area contributed by atoms with Crippen molar-refractivity contribution in [3.63, 3.8) is 0 Å². The van der Waals surface area contributed by atoms with Crippen LogP contribution in [0.1, 0.15) is 11.1 Å². The van der Waals surface area contributed by atoms with E-state index >= 15 is 0 Å². The fourth-order valence-corrected chi connectivity index (χ4v) is 2.47. The summed E-state index contributed by atoms with van der Waals surface area (Å²) in [6, 6.07) is 14.3. The normalized spacial score (nSPS) is 10.9. The van der Waals surface area contributed by atoms with E-state index < -0.39 is 0 Å². The van der Waals surface area contributed by atoms with Gasteiger partial charge in [0.1, 0.15) is 11.5 Å². The van der Waals surface area contributed by atoms with E-state index in [0.29, 0.717) is 6.51 Å². The van der Waals surface area contributed by atoms with Crippen molar-refractivity contribution in [3.8, 4) is 11.5 Å². The fourth-order valence-electron chi connectivity index (χ4n) is 2.06. The highest BCUT2D eigenvalue weighted by Crippen LogP contribution is 2.25. The first-order valence-electron chi connectivity index (χ1n) is 7.47. The van der Waals surface area contributed by atoms with Crippen LogP contribution in [0, 0.1) is 0 Å². The Morgan fingerprint density at radius 3 is 2.22 bits per heavy atom. The van der Waals surface area contributed by atoms with Gasteiger partial charge >= 0.3 is 0 Å². The van der Waals surface area contributed by atoms with Gasteiger partial charge in [-0.25, -0.2) is 0 Å². The van der Waals surface area contributed by atoms with Crippen LogP contribution in [0.5, 0.6) is 11.5 Å². The van der Waals surface area contributed by atoms with Crippen molar-refractivity contribution >= 4 is 31.8 Å². The van der Waals surface area contributed by atoms with Crippen LogP contribution in [0.15, 0.2) is 47.4 Å². The molecule has 0 saturated heterocycles. The molecule has 0 saturated carbocycles. The van der Waals surface area contributed by atoms with Gasteiger partial charge in [0.05, 0.1) is 6.51 Å². The Bertz CT molecular complexity index is 641. The van der Waals surface area contributed by atoms with E-state index in [-0.39, 0.29) is 6.79 Å². The highest BCUT2D eigenvalue weighted by Gasteiger charge is 2.01. The molecule has 0 unspecified atom stereocenters. The molecule has 0 bridgehead atoms. The molecule has 0 heterocycles. The van der Waals surface area contributed by atoms with Crippen molar-refractivity contribution < 1.29 is 14.2 Å². The van der Waals surface area contributed by atoms with E-state index in [1.54, 1.807) is 18.9 Å². The Morgan fingerprint density at radius 2 is 1.61 bits per heavy atom. The molecule has 0 aliphatic heterocycles. The number of methoxy groups -OCH3 is 1. The average molecular weight is 328 g/mol. The molecule has 5 heteroatoms. The zero-order valence-corrected chi connectivity index (χ0v) is 14.6. The zero-order valence-electron chi connectivity index (χ0n) is 13.7. The molecule has 0 atom stereocenters. The van der Waals surface area contributed by atoms with Crippen LogP contribution in [0.4, 0.5) is 0 Å². The Balaban J connectivity index is 2.18. The first-order chi connectivity index (χ1) is 11.2. The van der Waals surface area contributed by atoms with Gasteiger partial charge in [-0.2, -0.15) is 0 Å². The van der Waals surface area contributed by atoms with E-state index in [1.807, 2.05) is 26.0 Å². The SMILES string of the molecule is BCOc1cc(/C=C/c2ccc(SC)cc2)cc(OCOC)c1. The molecule has 0 amide bonds. The monoisotopic (exact) mass is 328 g/mol. The molecular weight excluding hydrogens is 307 g/mol. The number of ether oxygens (including phenoxy) is 3. The number of benzene rings is 2. The highest BCUT2D eigenvalue weighted by molar-refractivity contribution is 7.98. The molecule has 23 heavy (non-hydrogen) atoms. The predicted molar refractivity (Wildman–Crippen MR) is 100 cm³/mol. The lowest BCUT2D eigenvalue weighted by Gasteiger charge is -2.09. The van der Waals surface area contributed by atoms with Crippen LogP contribution in [0.2, 0.25) is 0 Å². The minimum absolute atomic E-state index is 0.217. The Kier molecular flexibility index (Phi) is 7.10. The number of thioether (sulfide) groups is 1. The van der Waals surface area contributed by atoms with E-state index in [0.717, 1.165) is 22.6 Å². The second-order valence-corrected chi connectivity index (χ2v) is 5.71. The summed E-state index contributed by atoms with van der Waals surface area (Å²) in [4.78, 5) is 1.26. The third kappa shape index (κ3) is 5.69. The maximum absolute atomic E-state index is 5.59. The Morgan fingerprint density at radius 1 is 0.957 bits per heavy atom. The van der Waals surface area contributed by atoms with Gasteiger partial charge in [0.15, 0.2) is 14.6 Å². The third-order valence-electron chi connectivity index (χ3n) is 3.14. The van der Waals surface area contributed by atoms with E-state index in [9.17, 15) is 0 Å². The molecular formula is C18H21BO3S. The van der Waals surface area contributed by atoms with E-state index in [1.165, 1.54) is 4.90 Å². The molecule has 0 aliphatic rings. The minimum Gasteiger partial charge on any atom is -0.503 e. The molecule has 2 aromatic carbocycles. The summed E-state index contributed by atoms with van der Waals surface area (Å²) in [7, 11) is 3.57. The largest absolute Gasteiger partial charge is 0.503 e. The second-order valence-electron chi connectivity index (χ2n) is 4.83. The highest BCUT2D eigenvalue weighted by atomic mass is 32.2. The Labute approximate surface area is 143 Å². The molecule has 3 nitrogen and oxygen atoms in total. The van der Waals surface area contributed by atoms with Gasteiger partial charge in [0.25, 0.3) is 0 Å². The van der Waals surface area contributed by atoms with Crippen molar-refractivity contribution in [1.29, 1.82) is 0 Å². The summed E-state index contributed by atoms with van der Waals surface area (Å²) in [6.07, 6.45) is 6.21. The second kappa shape index (κ2) is 9.33. The molecule has 0 aliphatic carbocycles. The molecule has 2 rings (SSSR count). The summed E-state index contributed by atoms with van der Waals surface area (Å²) in [5.74, 6) is 1.52. The molecule has 0 radical (unpaired) electrons. The van der Waals surface area contributed by atoms with E-state index in [4.69, 9.17) is 14.2 Å². The summed E-state index contributed by atoms with van der Waals surface area (Å²) in [6.45, 7) is 0.835. The lowest BCUT2D eigenvalue weighted by molar-refractivity contribution is 0.0509. The average Bonchev–Trinajstić information content (AvgIpc) is 2.59. The van der Waals surface area contributed by atoms with Gasteiger partial charge in [0.2, 0.25) is 0 Å². The lowest BCUT2D eigenvalue weighted by Crippen LogP contribution is -2.01. The van der Waals surface area contributed by atoms with Crippen LogP contribution in [-0.4, -0.2) is 34.5 Å². The van der Waals surface area contributed by atoms with Gasteiger partial charge in [-0.05, 0) is 41.6 Å². The van der Waals surface area contributed by atoms with Crippen molar-refractivity contribution in [2.45, 2.75) is 4.90 Å². The van der Waals surface area contributed by atoms with Crippen LogP contribution < -0.4 is 9.47 Å². The molecule has 0 N–H and O–H groups in total. The van der Waals surface area contributed by atoms with Crippen LogP contribution in [0.25, 0.3) is 12.2 Å². The predicted octanol–water partition coefficient (Wildman–Crippen LogP) is 3.53. The summed E-state index contributed by atoms with van der Waals surface area (Å²) in [5.41, 5.74) is 2.18. The maximum Gasteiger partial charge on any atom is 0.188 e. The minimum atomic E-state index is 0.217. The summed E-state index contributed by atoms with van der Waals surface area (Å²) < 4.78 is 16.1. The van der Waals surface area contributed by atoms with Crippen LogP contribution in [0.3, 0.4) is 0 Å². The Hall–Kier alpha value is -1.85. The van der Waals surface area contributed by atoms with Gasteiger partial charge in [0, 0.05) is 18.1 Å². The van der Waals surface area contributed by atoms with Crippen molar-refractivity contribution in [3.05, 3.63) is 53.6 Å². The van der Waals surface area contributed by atoms with Crippen LogP contribution in [-0.2, 0) is 4.74 Å². The fraction of sp³-hybridized carbons (Fsp3) is 0.222. The van der Waals surface area contributed by atoms with E-state index in [2.05, 4.69) is 42.7 Å². The van der Waals surface area contributed by atoms with Gasteiger partial charge in [-0.3, -0.25) is 0 Å². The van der Waals surface area contributed by atoms with Gasteiger partial charge < -0.3 is 14.2 Å². The first kappa shape index (κ1) is 17.5. The molecule has 0 spiro atoms. The number of hydrogen-bond donors (Lipinski definition) is 0. The number of hydrogen-bond acceptors (Lipinski definition) is 4. The standard InChI is InChI=1S/C18H21BO3S/c1-20-13-22-17-10-15(9-16(11-17)21-12-19)4-3-14-5-7-18(23-2)8-6-14/h3-11H,12-13,19H2,1-2H3/b4-3+. The zero-order chi connectivity index (χ0) is 16.5. The summed E-state index contributed by atoms with van der Waals surface area (Å²) >= 11 is 1.74. The number of rotatable bonds is 8. The smallest absolute Gasteiger partial charge is 0.188 e. The maximum atomic E-state index is 5.59. The topological polar surface area (TPSA) is 27.7 Å². The van der Waals surface area contributed by atoms with Gasteiger partial charge in [-0.1, -0.05) is 24.3 Å².